The molecule has 9 heteroatoms. The molecule has 144 valence electrons. The molecule has 2 aromatic rings. The van der Waals surface area contributed by atoms with Crippen LogP contribution in [-0.2, 0) is 21.2 Å². The molecule has 0 unspecified atom stereocenters. The summed E-state index contributed by atoms with van der Waals surface area (Å²) in [5, 5.41) is 6.40. The summed E-state index contributed by atoms with van der Waals surface area (Å²) in [4.78, 5) is 10.0. The predicted octanol–water partition coefficient (Wildman–Crippen LogP) is 2.27. The molecule has 0 radical (unpaired) electrons. The van der Waals surface area contributed by atoms with Crippen LogP contribution in [0.4, 0.5) is 5.82 Å². The van der Waals surface area contributed by atoms with Crippen LogP contribution in [0.2, 0.25) is 0 Å². The molecule has 0 saturated carbocycles. The second-order valence-corrected chi connectivity index (χ2v) is 9.86. The van der Waals surface area contributed by atoms with Crippen molar-refractivity contribution in [1.82, 2.24) is 14.3 Å². The minimum atomic E-state index is -3.28. The van der Waals surface area contributed by atoms with Gasteiger partial charge in [0.25, 0.3) is 0 Å². The summed E-state index contributed by atoms with van der Waals surface area (Å²) in [5.41, 5.74) is 1.22. The van der Waals surface area contributed by atoms with Gasteiger partial charge < -0.3 is 10.1 Å². The molecule has 0 aromatic carbocycles. The highest BCUT2D eigenvalue weighted by molar-refractivity contribution is 7.89. The zero-order valence-electron chi connectivity index (χ0n) is 15.5. The predicted molar refractivity (Wildman–Crippen MR) is 105 cm³/mol. The highest BCUT2D eigenvalue weighted by Crippen LogP contribution is 2.31. The molecule has 3 heterocycles. The van der Waals surface area contributed by atoms with Crippen LogP contribution in [0.25, 0.3) is 10.2 Å². The molecule has 0 atom stereocenters. The van der Waals surface area contributed by atoms with E-state index in [1.807, 2.05) is 6.92 Å². The van der Waals surface area contributed by atoms with Gasteiger partial charge in [0.05, 0.1) is 24.4 Å². The second-order valence-electron chi connectivity index (χ2n) is 6.91. The first-order chi connectivity index (χ1) is 12.4. The number of ether oxygens (including phenoxy) is 1. The molecule has 0 bridgehead atoms. The Morgan fingerprint density at radius 1 is 1.31 bits per heavy atom. The zero-order valence-corrected chi connectivity index (χ0v) is 17.1. The Kier molecular flexibility index (Phi) is 6.11. The van der Waals surface area contributed by atoms with Crippen molar-refractivity contribution in [2.24, 2.45) is 5.92 Å². The van der Waals surface area contributed by atoms with Crippen LogP contribution in [-0.4, -0.2) is 61.3 Å². The van der Waals surface area contributed by atoms with Gasteiger partial charge in [-0.15, -0.1) is 11.3 Å². The highest BCUT2D eigenvalue weighted by atomic mass is 32.2. The van der Waals surface area contributed by atoms with E-state index in [-0.39, 0.29) is 5.75 Å². The minimum Gasteiger partial charge on any atom is -0.379 e. The maximum atomic E-state index is 12.5. The number of aryl methyl sites for hydroxylation is 1. The van der Waals surface area contributed by atoms with Crippen molar-refractivity contribution < 1.29 is 13.2 Å². The largest absolute Gasteiger partial charge is 0.379 e. The Bertz CT molecular complexity index is 858. The number of sulfonamides is 1. The molecule has 1 aliphatic heterocycles. The number of morpholine rings is 1. The molecule has 0 aliphatic carbocycles. The lowest BCUT2D eigenvalue weighted by Crippen LogP contribution is -2.42. The number of nitrogens with one attached hydrogen (secondary N) is 1. The Morgan fingerprint density at radius 3 is 2.73 bits per heavy atom. The number of hydrogen-bond acceptors (Lipinski definition) is 7. The van der Waals surface area contributed by atoms with E-state index < -0.39 is 10.0 Å². The van der Waals surface area contributed by atoms with Gasteiger partial charge in [-0.3, -0.25) is 0 Å². The third kappa shape index (κ3) is 4.51. The van der Waals surface area contributed by atoms with E-state index in [0.717, 1.165) is 22.5 Å². The summed E-state index contributed by atoms with van der Waals surface area (Å²) in [6.07, 6.45) is 0.952. The number of fused-ring (bicyclic) bond motifs is 1. The summed E-state index contributed by atoms with van der Waals surface area (Å²) in [6.45, 7) is 8.34. The third-order valence-corrected chi connectivity index (χ3v) is 7.06. The van der Waals surface area contributed by atoms with Crippen LogP contribution in [0.15, 0.2) is 5.38 Å². The molecule has 26 heavy (non-hydrogen) atoms. The highest BCUT2D eigenvalue weighted by Gasteiger charge is 2.24. The number of hydrogen-bond donors (Lipinski definition) is 1. The van der Waals surface area contributed by atoms with Crippen molar-refractivity contribution in [3.05, 3.63) is 16.8 Å². The van der Waals surface area contributed by atoms with Gasteiger partial charge in [0.15, 0.2) is 0 Å². The van der Waals surface area contributed by atoms with Gasteiger partial charge in [-0.25, -0.2) is 18.4 Å². The van der Waals surface area contributed by atoms with E-state index in [1.165, 1.54) is 9.87 Å². The molecule has 1 fully saturated rings. The van der Waals surface area contributed by atoms with E-state index in [9.17, 15) is 8.42 Å². The average molecular weight is 399 g/mol. The molecule has 3 rings (SSSR count). The smallest absolute Gasteiger partial charge is 0.215 e. The van der Waals surface area contributed by atoms with Gasteiger partial charge in [0.2, 0.25) is 10.0 Å². The Balaban J connectivity index is 1.74. The van der Waals surface area contributed by atoms with Gasteiger partial charge in [0, 0.05) is 19.6 Å². The van der Waals surface area contributed by atoms with Crippen molar-refractivity contribution in [3.63, 3.8) is 0 Å². The number of nitrogens with zero attached hydrogens (tertiary/aromatic N) is 3. The molecule has 1 aliphatic rings. The van der Waals surface area contributed by atoms with E-state index in [2.05, 4.69) is 34.5 Å². The van der Waals surface area contributed by atoms with Crippen LogP contribution in [0.5, 0.6) is 0 Å². The van der Waals surface area contributed by atoms with Crippen molar-refractivity contribution in [2.45, 2.75) is 27.2 Å². The SMILES string of the molecule is Cc1nc(NCCS(=O)(=O)N2CCOCC2)c2c(CC(C)C)csc2n1. The van der Waals surface area contributed by atoms with E-state index in [1.54, 1.807) is 11.3 Å². The lowest BCUT2D eigenvalue weighted by molar-refractivity contribution is 0.0731. The van der Waals surface area contributed by atoms with Crippen molar-refractivity contribution in [3.8, 4) is 0 Å². The first-order valence-corrected chi connectivity index (χ1v) is 11.4. The molecular weight excluding hydrogens is 372 g/mol. The van der Waals surface area contributed by atoms with Crippen molar-refractivity contribution in [2.75, 3.05) is 43.9 Å². The van der Waals surface area contributed by atoms with E-state index in [4.69, 9.17) is 4.74 Å². The minimum absolute atomic E-state index is 0.0429. The molecule has 0 spiro atoms. The molecule has 0 amide bonds. The second kappa shape index (κ2) is 8.16. The summed E-state index contributed by atoms with van der Waals surface area (Å²) in [5.74, 6) is 2.00. The van der Waals surface area contributed by atoms with Crippen LogP contribution in [0, 0.1) is 12.8 Å². The number of aromatic nitrogens is 2. The Morgan fingerprint density at radius 2 is 2.04 bits per heavy atom. The average Bonchev–Trinajstić information content (AvgIpc) is 2.97. The topological polar surface area (TPSA) is 84.4 Å². The van der Waals surface area contributed by atoms with Gasteiger partial charge in [-0.05, 0) is 30.2 Å². The van der Waals surface area contributed by atoms with E-state index >= 15 is 0 Å². The van der Waals surface area contributed by atoms with Crippen LogP contribution >= 0.6 is 11.3 Å². The fourth-order valence-electron chi connectivity index (χ4n) is 3.08. The zero-order chi connectivity index (χ0) is 18.7. The van der Waals surface area contributed by atoms with E-state index in [0.29, 0.717) is 44.6 Å². The standard InChI is InChI=1S/C17H26N4O3S2/c1-12(2)10-14-11-25-17-15(14)16(19-13(3)20-17)18-4-9-26(22,23)21-5-7-24-8-6-21/h11-12H,4-10H2,1-3H3,(H,18,19,20). The molecule has 2 aromatic heterocycles. The van der Waals surface area contributed by atoms with Crippen molar-refractivity contribution in [1.29, 1.82) is 0 Å². The summed E-state index contributed by atoms with van der Waals surface area (Å²) in [6, 6.07) is 0. The maximum Gasteiger partial charge on any atom is 0.215 e. The fraction of sp³-hybridized carbons (Fsp3) is 0.647. The lowest BCUT2D eigenvalue weighted by Gasteiger charge is -2.26. The molecule has 1 saturated heterocycles. The Hall–Kier alpha value is -1.29. The number of anilines is 1. The van der Waals surface area contributed by atoms with Crippen molar-refractivity contribution >= 4 is 37.4 Å². The van der Waals surface area contributed by atoms with Gasteiger partial charge in [-0.2, -0.15) is 4.31 Å². The summed E-state index contributed by atoms with van der Waals surface area (Å²) in [7, 11) is -3.28. The monoisotopic (exact) mass is 398 g/mol. The molecule has 7 nitrogen and oxygen atoms in total. The maximum absolute atomic E-state index is 12.5. The quantitative estimate of drug-likeness (QED) is 0.770. The van der Waals surface area contributed by atoms with Crippen LogP contribution in [0.1, 0.15) is 25.2 Å². The Labute approximate surface area is 158 Å². The number of rotatable bonds is 7. The molecular formula is C17H26N4O3S2. The summed E-state index contributed by atoms with van der Waals surface area (Å²) >= 11 is 1.61. The van der Waals surface area contributed by atoms with Crippen LogP contribution < -0.4 is 5.32 Å². The third-order valence-electron chi connectivity index (χ3n) is 4.27. The van der Waals surface area contributed by atoms with Gasteiger partial charge in [0.1, 0.15) is 16.5 Å². The first-order valence-electron chi connectivity index (χ1n) is 8.91. The summed E-state index contributed by atoms with van der Waals surface area (Å²) < 4.78 is 31.7. The fourth-order valence-corrected chi connectivity index (χ4v) is 5.40. The lowest BCUT2D eigenvalue weighted by atomic mass is 10.0. The normalized spacial score (nSPS) is 16.5. The van der Waals surface area contributed by atoms with Gasteiger partial charge >= 0.3 is 0 Å². The van der Waals surface area contributed by atoms with Crippen LogP contribution in [0.3, 0.4) is 0 Å². The van der Waals surface area contributed by atoms with Gasteiger partial charge in [-0.1, -0.05) is 13.8 Å². The first kappa shape index (κ1) is 19.5. The number of thiophene rings is 1. The molecule has 1 N–H and O–H groups in total.